The molecule has 2 heterocycles. The highest BCUT2D eigenvalue weighted by atomic mass is 19.4. The average Bonchev–Trinajstić information content (AvgIpc) is 3.65. The second-order valence-electron chi connectivity index (χ2n) is 13.4. The lowest BCUT2D eigenvalue weighted by atomic mass is 10.0. The van der Waals surface area contributed by atoms with E-state index >= 15 is 0 Å². The lowest BCUT2D eigenvalue weighted by Crippen LogP contribution is -2.27. The van der Waals surface area contributed by atoms with Crippen molar-refractivity contribution in [1.82, 2.24) is 4.98 Å². The van der Waals surface area contributed by atoms with E-state index in [4.69, 9.17) is 61.6 Å². The predicted octanol–water partition coefficient (Wildman–Crippen LogP) is 4.49. The number of fused-ring (bicyclic) bond motifs is 1. The third-order valence-electron chi connectivity index (χ3n) is 8.78. The molecule has 0 bridgehead atoms. The van der Waals surface area contributed by atoms with Gasteiger partial charge in [0.05, 0.1) is 138 Å². The number of benzene rings is 2. The summed E-state index contributed by atoms with van der Waals surface area (Å²) >= 11 is 0. The summed E-state index contributed by atoms with van der Waals surface area (Å²) in [6.45, 7) is 7.86. The number of ether oxygens (including phenoxy) is 13. The number of amides is 1. The van der Waals surface area contributed by atoms with Gasteiger partial charge in [0.2, 0.25) is 0 Å². The number of hydrogen-bond donors (Lipinski definition) is 1. The monoisotopic (exact) mass is 902 g/mol. The lowest BCUT2D eigenvalue weighted by Gasteiger charge is -2.15. The number of aromatic nitrogens is 1. The highest BCUT2D eigenvalue weighted by Crippen LogP contribution is 2.37. The molecule has 1 aromatic heterocycles. The van der Waals surface area contributed by atoms with Gasteiger partial charge in [-0.2, -0.15) is 13.2 Å². The van der Waals surface area contributed by atoms with Gasteiger partial charge in [-0.1, -0.05) is 24.3 Å². The number of nitrogens with one attached hydrogen (secondary N) is 1. The SMILES string of the molecule is COCCOCCOCCOCCOCCOCCOCCOCCOCCOCCOC(=O)OC[C@@H]1CN(c2ccc3cc(-c4ccccc4C(F)(F)F)[nH]c(=O)c3c2)C(=O)O1. The zero-order valence-corrected chi connectivity index (χ0v) is 35.4. The van der Waals surface area contributed by atoms with Crippen LogP contribution in [-0.4, -0.2) is 176 Å². The first kappa shape index (κ1) is 51.2. The van der Waals surface area contributed by atoms with Crippen molar-refractivity contribution < 1.29 is 84.3 Å². The molecule has 0 unspecified atom stereocenters. The molecule has 4 rings (SSSR count). The molecule has 0 saturated carbocycles. The highest BCUT2D eigenvalue weighted by Gasteiger charge is 2.35. The Bertz CT molecular complexity index is 1820. The molecule has 1 aliphatic heterocycles. The van der Waals surface area contributed by atoms with Gasteiger partial charge in [-0.3, -0.25) is 9.69 Å². The molecule has 0 spiro atoms. The topological polar surface area (TPSA) is 190 Å². The van der Waals surface area contributed by atoms with Crippen LogP contribution in [0.25, 0.3) is 22.0 Å². The van der Waals surface area contributed by atoms with Gasteiger partial charge in [0.25, 0.3) is 5.56 Å². The fraction of sp³-hybridized carbons (Fsp3) is 0.595. The number of aromatic amines is 1. The minimum absolute atomic E-state index is 0.00122. The largest absolute Gasteiger partial charge is 0.508 e. The zero-order chi connectivity index (χ0) is 45.0. The van der Waals surface area contributed by atoms with Crippen LogP contribution in [0.4, 0.5) is 28.4 Å². The molecule has 21 heteroatoms. The van der Waals surface area contributed by atoms with E-state index in [1.54, 1.807) is 13.2 Å². The first-order chi connectivity index (χ1) is 30.7. The summed E-state index contributed by atoms with van der Waals surface area (Å²) in [6.07, 6.45) is -7.15. The van der Waals surface area contributed by atoms with E-state index in [0.717, 1.165) is 6.07 Å². The summed E-state index contributed by atoms with van der Waals surface area (Å²) in [6, 6.07) is 10.9. The van der Waals surface area contributed by atoms with Crippen molar-refractivity contribution in [1.29, 1.82) is 0 Å². The summed E-state index contributed by atoms with van der Waals surface area (Å²) in [5.74, 6) is 0. The van der Waals surface area contributed by atoms with Crippen LogP contribution in [0.5, 0.6) is 0 Å². The van der Waals surface area contributed by atoms with Crippen LogP contribution in [0.1, 0.15) is 5.56 Å². The van der Waals surface area contributed by atoms with Crippen molar-refractivity contribution >= 4 is 28.7 Å². The molecule has 1 amide bonds. The Morgan fingerprint density at radius 2 is 1.13 bits per heavy atom. The summed E-state index contributed by atoms with van der Waals surface area (Å²) < 4.78 is 110. The van der Waals surface area contributed by atoms with E-state index in [-0.39, 0.29) is 49.6 Å². The molecule has 1 N–H and O–H groups in total. The molecule has 0 radical (unpaired) electrons. The van der Waals surface area contributed by atoms with E-state index in [0.29, 0.717) is 123 Å². The van der Waals surface area contributed by atoms with E-state index in [2.05, 4.69) is 4.98 Å². The van der Waals surface area contributed by atoms with Crippen molar-refractivity contribution in [3.05, 3.63) is 64.4 Å². The van der Waals surface area contributed by atoms with Crippen LogP contribution in [0.3, 0.4) is 0 Å². The molecule has 18 nitrogen and oxygen atoms in total. The number of carbonyl (C=O) groups excluding carboxylic acids is 2. The van der Waals surface area contributed by atoms with Crippen molar-refractivity contribution in [2.45, 2.75) is 12.3 Å². The standard InChI is InChI=1S/C42H57F3N2O16/c1-51-8-9-52-10-11-53-12-13-54-14-15-55-16-17-56-18-19-57-20-21-58-22-23-59-24-25-60-26-27-61-41(50)62-31-34-30-47(40(49)63-34)33-7-6-32-28-38(46-39(48)36(32)29-33)35-4-2-3-5-37(35)42(43,44)45/h2-7,28-29,34H,8-27,30-31H2,1H3,(H,46,48)/t34-/m0/s1. The number of carbonyl (C=O) groups is 2. The fourth-order valence-corrected chi connectivity index (χ4v) is 5.74. The summed E-state index contributed by atoms with van der Waals surface area (Å²) in [5.41, 5.74) is -1.37. The van der Waals surface area contributed by atoms with Crippen molar-refractivity contribution in [3.63, 3.8) is 0 Å². The van der Waals surface area contributed by atoms with Gasteiger partial charge < -0.3 is 66.6 Å². The van der Waals surface area contributed by atoms with Crippen molar-refractivity contribution in [2.75, 3.05) is 157 Å². The van der Waals surface area contributed by atoms with Gasteiger partial charge in [0.1, 0.15) is 13.2 Å². The Morgan fingerprint density at radius 3 is 1.62 bits per heavy atom. The molecule has 1 saturated heterocycles. The Labute approximate surface area is 362 Å². The first-order valence-electron chi connectivity index (χ1n) is 20.5. The van der Waals surface area contributed by atoms with Crippen LogP contribution in [0.15, 0.2) is 53.3 Å². The van der Waals surface area contributed by atoms with Gasteiger partial charge in [0.15, 0.2) is 6.10 Å². The lowest BCUT2D eigenvalue weighted by molar-refractivity contribution is -0.137. The van der Waals surface area contributed by atoms with Crippen molar-refractivity contribution in [3.8, 4) is 11.3 Å². The van der Waals surface area contributed by atoms with Gasteiger partial charge in [0, 0.05) is 29.4 Å². The molecule has 1 atom stereocenters. The number of hydrogen-bond acceptors (Lipinski definition) is 16. The Balaban J connectivity index is 0.920. The average molecular weight is 903 g/mol. The number of nitrogens with zero attached hydrogens (tertiary/aromatic N) is 1. The van der Waals surface area contributed by atoms with Crippen LogP contribution >= 0.6 is 0 Å². The first-order valence-corrected chi connectivity index (χ1v) is 20.5. The van der Waals surface area contributed by atoms with E-state index in [1.807, 2.05) is 0 Å². The normalized spacial score (nSPS) is 14.1. The molecule has 352 valence electrons. The third-order valence-corrected chi connectivity index (χ3v) is 8.78. The highest BCUT2D eigenvalue weighted by molar-refractivity contribution is 5.94. The van der Waals surface area contributed by atoms with Gasteiger partial charge in [-0.15, -0.1) is 0 Å². The number of pyridine rings is 1. The van der Waals surface area contributed by atoms with Crippen LogP contribution in [0.2, 0.25) is 0 Å². The molecule has 1 aliphatic rings. The maximum Gasteiger partial charge on any atom is 0.508 e. The van der Waals surface area contributed by atoms with E-state index in [9.17, 15) is 27.6 Å². The third kappa shape index (κ3) is 19.9. The molecule has 0 aliphatic carbocycles. The fourth-order valence-electron chi connectivity index (χ4n) is 5.74. The zero-order valence-electron chi connectivity index (χ0n) is 35.4. The van der Waals surface area contributed by atoms with Gasteiger partial charge in [-0.25, -0.2) is 9.59 Å². The van der Waals surface area contributed by atoms with Crippen LogP contribution in [-0.2, 0) is 67.8 Å². The number of alkyl halides is 3. The van der Waals surface area contributed by atoms with Gasteiger partial charge in [-0.05, 0) is 29.7 Å². The number of halogens is 3. The number of H-pyrrole nitrogens is 1. The predicted molar refractivity (Wildman–Crippen MR) is 219 cm³/mol. The van der Waals surface area contributed by atoms with Crippen molar-refractivity contribution in [2.24, 2.45) is 0 Å². The number of rotatable bonds is 34. The molecular formula is C42H57F3N2O16. The molecule has 2 aromatic carbocycles. The Morgan fingerprint density at radius 1 is 0.651 bits per heavy atom. The van der Waals surface area contributed by atoms with Crippen LogP contribution in [0, 0.1) is 0 Å². The second-order valence-corrected chi connectivity index (χ2v) is 13.4. The van der Waals surface area contributed by atoms with E-state index < -0.39 is 35.7 Å². The quantitative estimate of drug-likeness (QED) is 0.0651. The number of anilines is 1. The smallest absolute Gasteiger partial charge is 0.440 e. The molecule has 1 fully saturated rings. The minimum Gasteiger partial charge on any atom is -0.440 e. The summed E-state index contributed by atoms with van der Waals surface area (Å²) in [4.78, 5) is 41.4. The number of methoxy groups -OCH3 is 1. The summed E-state index contributed by atoms with van der Waals surface area (Å²) in [7, 11) is 1.63. The van der Waals surface area contributed by atoms with E-state index in [1.165, 1.54) is 41.3 Å². The molecule has 3 aromatic rings. The van der Waals surface area contributed by atoms with Crippen LogP contribution < -0.4 is 10.5 Å². The Kier molecular flexibility index (Phi) is 24.3. The maximum absolute atomic E-state index is 13.6. The molecular weight excluding hydrogens is 845 g/mol. The maximum atomic E-state index is 13.6. The minimum atomic E-state index is -4.62. The van der Waals surface area contributed by atoms with Gasteiger partial charge >= 0.3 is 18.4 Å². The number of cyclic esters (lactones) is 1. The molecule has 63 heavy (non-hydrogen) atoms. The Hall–Kier alpha value is -4.42. The second kappa shape index (κ2) is 29.9. The summed E-state index contributed by atoms with van der Waals surface area (Å²) in [5, 5.41) is 0.527.